The molecule has 0 aliphatic heterocycles. The topological polar surface area (TPSA) is 79.0 Å². The minimum Gasteiger partial charge on any atom is -0.481 e. The Morgan fingerprint density at radius 3 is 2.65 bits per heavy atom. The molecule has 3 rings (SSSR count). The second-order valence-corrected chi connectivity index (χ2v) is 6.05. The van der Waals surface area contributed by atoms with Crippen molar-refractivity contribution in [3.8, 4) is 11.3 Å². The summed E-state index contributed by atoms with van der Waals surface area (Å²) in [5.41, 5.74) is 3.50. The van der Waals surface area contributed by atoms with Gasteiger partial charge in [-0.2, -0.15) is 5.10 Å². The molecule has 0 saturated heterocycles. The molecule has 2 N–H and O–H groups in total. The summed E-state index contributed by atoms with van der Waals surface area (Å²) >= 11 is 0. The zero-order chi connectivity index (χ0) is 16.2. The number of nitrogens with one attached hydrogen (secondary N) is 1. The van der Waals surface area contributed by atoms with Gasteiger partial charge in [0.1, 0.15) is 5.49 Å². The van der Waals surface area contributed by atoms with Gasteiger partial charge in [0.25, 0.3) is 0 Å². The molecule has 0 atom stereocenters. The molecule has 1 fully saturated rings. The third kappa shape index (κ3) is 3.50. The van der Waals surface area contributed by atoms with Crippen LogP contribution in [0.25, 0.3) is 11.3 Å². The van der Waals surface area contributed by atoms with Crippen molar-refractivity contribution in [1.29, 1.82) is 5.41 Å². The van der Waals surface area contributed by atoms with Gasteiger partial charge in [0.2, 0.25) is 0 Å². The van der Waals surface area contributed by atoms with Gasteiger partial charge in [-0.1, -0.05) is 36.8 Å². The van der Waals surface area contributed by atoms with Gasteiger partial charge >= 0.3 is 5.97 Å². The molecule has 1 heterocycles. The van der Waals surface area contributed by atoms with Crippen LogP contribution in [0.2, 0.25) is 0 Å². The van der Waals surface area contributed by atoms with Crippen molar-refractivity contribution in [2.24, 2.45) is 0 Å². The number of rotatable bonds is 6. The molecule has 5 heteroatoms. The smallest absolute Gasteiger partial charge is 0.303 e. The van der Waals surface area contributed by atoms with Gasteiger partial charge in [0, 0.05) is 18.5 Å². The Morgan fingerprint density at radius 1 is 1.30 bits per heavy atom. The Kier molecular flexibility index (Phi) is 4.55. The van der Waals surface area contributed by atoms with Crippen LogP contribution in [0.3, 0.4) is 0 Å². The average Bonchev–Trinajstić information content (AvgIpc) is 2.48. The van der Waals surface area contributed by atoms with E-state index < -0.39 is 5.97 Å². The molecule has 23 heavy (non-hydrogen) atoms. The average molecular weight is 311 g/mol. The number of aryl methyl sites for hydroxylation is 1. The van der Waals surface area contributed by atoms with Gasteiger partial charge in [-0.05, 0) is 36.8 Å². The number of hydrogen-bond acceptors (Lipinski definition) is 3. The molecule has 1 aromatic carbocycles. The molecule has 2 aromatic rings. The van der Waals surface area contributed by atoms with Crippen LogP contribution >= 0.6 is 0 Å². The maximum Gasteiger partial charge on any atom is 0.303 e. The van der Waals surface area contributed by atoms with E-state index in [1.54, 1.807) is 4.68 Å². The van der Waals surface area contributed by atoms with Crippen molar-refractivity contribution in [1.82, 2.24) is 9.78 Å². The van der Waals surface area contributed by atoms with Crippen LogP contribution in [-0.4, -0.2) is 20.9 Å². The number of benzene rings is 1. The lowest BCUT2D eigenvalue weighted by molar-refractivity contribution is -0.137. The van der Waals surface area contributed by atoms with E-state index in [1.165, 1.54) is 6.42 Å². The number of hydrogen-bond donors (Lipinski definition) is 2. The Hall–Kier alpha value is -2.43. The number of nitrogens with zero attached hydrogens (tertiary/aromatic N) is 2. The lowest BCUT2D eigenvalue weighted by Crippen LogP contribution is -2.26. The normalized spacial score (nSPS) is 14.4. The number of aliphatic carboxylic acids is 1. The first kappa shape index (κ1) is 15.5. The summed E-state index contributed by atoms with van der Waals surface area (Å²) in [6, 6.07) is 12.0. The SMILES string of the molecule is N=c1cc(C2CCC2)c(-c2ccccc2)nn1CCCC(=O)O. The van der Waals surface area contributed by atoms with Crippen molar-refractivity contribution >= 4 is 5.97 Å². The number of carboxylic acids is 1. The summed E-state index contributed by atoms with van der Waals surface area (Å²) < 4.78 is 1.62. The fraction of sp³-hybridized carbons (Fsp3) is 0.389. The first-order chi connectivity index (χ1) is 11.1. The second kappa shape index (κ2) is 6.77. The predicted molar refractivity (Wildman–Crippen MR) is 87.0 cm³/mol. The largest absolute Gasteiger partial charge is 0.481 e. The highest BCUT2D eigenvalue weighted by atomic mass is 16.4. The van der Waals surface area contributed by atoms with E-state index >= 15 is 0 Å². The summed E-state index contributed by atoms with van der Waals surface area (Å²) in [5.74, 6) is -0.318. The third-order valence-corrected chi connectivity index (χ3v) is 4.42. The summed E-state index contributed by atoms with van der Waals surface area (Å²) in [6.45, 7) is 0.454. The molecule has 0 amide bonds. The molecule has 1 aromatic heterocycles. The van der Waals surface area contributed by atoms with Crippen LogP contribution in [0, 0.1) is 5.41 Å². The second-order valence-electron chi connectivity index (χ2n) is 6.05. The number of carboxylic acid groups (broad SMARTS) is 1. The first-order valence-corrected chi connectivity index (χ1v) is 8.09. The van der Waals surface area contributed by atoms with Gasteiger partial charge in [-0.3, -0.25) is 10.2 Å². The summed E-state index contributed by atoms with van der Waals surface area (Å²) in [4.78, 5) is 10.7. The van der Waals surface area contributed by atoms with Crippen LogP contribution in [0.4, 0.5) is 0 Å². The molecule has 0 radical (unpaired) electrons. The van der Waals surface area contributed by atoms with Crippen LogP contribution in [0.1, 0.15) is 43.6 Å². The maximum atomic E-state index is 10.7. The Balaban J connectivity index is 1.96. The van der Waals surface area contributed by atoms with E-state index in [0.29, 0.717) is 24.4 Å². The molecule has 5 nitrogen and oxygen atoms in total. The van der Waals surface area contributed by atoms with Gasteiger partial charge < -0.3 is 5.11 Å². The van der Waals surface area contributed by atoms with Crippen molar-refractivity contribution in [2.45, 2.75) is 44.6 Å². The molecule has 0 spiro atoms. The lowest BCUT2D eigenvalue weighted by atomic mass is 9.79. The fourth-order valence-corrected chi connectivity index (χ4v) is 2.92. The van der Waals surface area contributed by atoms with Crippen molar-refractivity contribution in [3.05, 3.63) is 47.4 Å². The van der Waals surface area contributed by atoms with Crippen LogP contribution < -0.4 is 5.49 Å². The Morgan fingerprint density at radius 2 is 2.04 bits per heavy atom. The van der Waals surface area contributed by atoms with E-state index in [-0.39, 0.29) is 6.42 Å². The van der Waals surface area contributed by atoms with Crippen molar-refractivity contribution in [3.63, 3.8) is 0 Å². The minimum absolute atomic E-state index is 0.0964. The zero-order valence-corrected chi connectivity index (χ0v) is 13.0. The van der Waals surface area contributed by atoms with E-state index in [9.17, 15) is 4.79 Å². The maximum absolute atomic E-state index is 10.7. The van der Waals surface area contributed by atoms with Crippen LogP contribution in [0.15, 0.2) is 36.4 Å². The molecule has 1 saturated carbocycles. The van der Waals surface area contributed by atoms with E-state index in [0.717, 1.165) is 29.7 Å². The first-order valence-electron chi connectivity index (χ1n) is 8.09. The Bertz CT molecular complexity index is 749. The standard InChI is InChI=1S/C18H21N3O2/c19-16-12-15(13-8-4-9-13)18(14-6-2-1-3-7-14)20-21(16)11-5-10-17(22)23/h1-3,6-7,12-13,19H,4-5,8-11H2,(H,22,23). The molecule has 1 aliphatic rings. The highest BCUT2D eigenvalue weighted by Crippen LogP contribution is 2.39. The van der Waals surface area contributed by atoms with Gasteiger partial charge in [0.05, 0.1) is 5.69 Å². The fourth-order valence-electron chi connectivity index (χ4n) is 2.92. The quantitative estimate of drug-likeness (QED) is 0.860. The zero-order valence-electron chi connectivity index (χ0n) is 13.0. The summed E-state index contributed by atoms with van der Waals surface area (Å²) in [7, 11) is 0. The highest BCUT2D eigenvalue weighted by molar-refractivity contribution is 5.66. The van der Waals surface area contributed by atoms with Crippen LogP contribution in [0.5, 0.6) is 0 Å². The third-order valence-electron chi connectivity index (χ3n) is 4.42. The highest BCUT2D eigenvalue weighted by Gasteiger charge is 2.24. The molecular weight excluding hydrogens is 290 g/mol. The van der Waals surface area contributed by atoms with Gasteiger partial charge in [0.15, 0.2) is 0 Å². The van der Waals surface area contributed by atoms with Crippen molar-refractivity contribution < 1.29 is 9.90 Å². The van der Waals surface area contributed by atoms with E-state index in [1.807, 2.05) is 36.4 Å². The van der Waals surface area contributed by atoms with Crippen LogP contribution in [-0.2, 0) is 11.3 Å². The van der Waals surface area contributed by atoms with Crippen molar-refractivity contribution in [2.75, 3.05) is 0 Å². The predicted octanol–water partition coefficient (Wildman–Crippen LogP) is 3.16. The molecule has 120 valence electrons. The lowest BCUT2D eigenvalue weighted by Gasteiger charge is -2.28. The minimum atomic E-state index is -0.813. The molecule has 0 unspecified atom stereocenters. The number of carbonyl (C=O) groups is 1. The van der Waals surface area contributed by atoms with Gasteiger partial charge in [-0.15, -0.1) is 0 Å². The summed E-state index contributed by atoms with van der Waals surface area (Å²) in [6.07, 6.45) is 4.13. The summed E-state index contributed by atoms with van der Waals surface area (Å²) in [5, 5.41) is 21.7. The molecule has 0 bridgehead atoms. The Labute approximate surface area is 135 Å². The monoisotopic (exact) mass is 311 g/mol. The number of aromatic nitrogens is 2. The molecule has 1 aliphatic carbocycles. The molecular formula is C18H21N3O2. The van der Waals surface area contributed by atoms with E-state index in [4.69, 9.17) is 10.5 Å². The van der Waals surface area contributed by atoms with Gasteiger partial charge in [-0.25, -0.2) is 4.68 Å². The van der Waals surface area contributed by atoms with E-state index in [2.05, 4.69) is 5.10 Å².